The van der Waals surface area contributed by atoms with Gasteiger partial charge in [-0.05, 0) is 71.8 Å². The number of Topliss-reactive ketones (excluding diaryl/α,β-unsaturated/α-hetero) is 1. The van der Waals surface area contributed by atoms with Crippen molar-refractivity contribution in [2.24, 2.45) is 0 Å². The van der Waals surface area contributed by atoms with Gasteiger partial charge in [0.1, 0.15) is 11.5 Å². The van der Waals surface area contributed by atoms with Crippen LogP contribution in [0.2, 0.25) is 0 Å². The van der Waals surface area contributed by atoms with Crippen molar-refractivity contribution in [1.29, 1.82) is 0 Å². The molecule has 2 aromatic carbocycles. The number of hydrogen-bond donors (Lipinski definition) is 2. The summed E-state index contributed by atoms with van der Waals surface area (Å²) in [4.78, 5) is 30.1. The Morgan fingerprint density at radius 1 is 1.11 bits per heavy atom. The predicted molar refractivity (Wildman–Crippen MR) is 137 cm³/mol. The molecule has 188 valence electrons. The van der Waals surface area contributed by atoms with Crippen molar-refractivity contribution in [2.45, 2.75) is 26.3 Å². The number of halogens is 1. The first-order valence-electron chi connectivity index (χ1n) is 11.5. The molecule has 0 aliphatic carbocycles. The third-order valence-corrected chi connectivity index (χ3v) is 6.84. The van der Waals surface area contributed by atoms with Crippen LogP contribution in [0.3, 0.4) is 0 Å². The van der Waals surface area contributed by atoms with Crippen LogP contribution in [0.1, 0.15) is 37.4 Å². The molecular weight excluding hydrogens is 516 g/mol. The average molecular weight is 547 g/mol. The van der Waals surface area contributed by atoms with Gasteiger partial charge in [-0.25, -0.2) is 0 Å². The third kappa shape index (κ3) is 5.46. The number of hydrogen-bond acceptors (Lipinski definition) is 7. The van der Waals surface area contributed by atoms with Crippen LogP contribution in [0, 0.1) is 0 Å². The van der Waals surface area contributed by atoms with Gasteiger partial charge in [0.05, 0.1) is 30.3 Å². The number of likely N-dealkylation sites (tertiary alicyclic amines) is 1. The predicted octanol–water partition coefficient (Wildman–Crippen LogP) is 4.33. The monoisotopic (exact) mass is 546 g/mol. The van der Waals surface area contributed by atoms with Crippen LogP contribution in [0.5, 0.6) is 17.2 Å². The molecule has 1 aliphatic heterocycles. The van der Waals surface area contributed by atoms with Crippen molar-refractivity contribution in [3.8, 4) is 17.2 Å². The number of phenols is 1. The lowest BCUT2D eigenvalue weighted by Gasteiger charge is -2.27. The standard InChI is InChI=1S/C26H31BrN2O6/c1-5-28(6-2)11-8-12-29-22(17-14-19(27)24(31)20(15-17)35-4)21(25(32)26(29)33)23(30)16-9-7-10-18(13-16)34-3/h7,9-10,13-15,22,30-31H,5-6,8,11-12H2,1-4H3. The number of aliphatic hydroxyl groups excluding tert-OH is 1. The van der Waals surface area contributed by atoms with Crippen LogP contribution < -0.4 is 9.47 Å². The number of ketones is 1. The van der Waals surface area contributed by atoms with E-state index in [1.807, 2.05) is 0 Å². The summed E-state index contributed by atoms with van der Waals surface area (Å²) in [6.45, 7) is 7.00. The summed E-state index contributed by atoms with van der Waals surface area (Å²) < 4.78 is 10.9. The minimum atomic E-state index is -0.858. The van der Waals surface area contributed by atoms with E-state index in [1.165, 1.54) is 19.1 Å². The average Bonchev–Trinajstić information content (AvgIpc) is 3.12. The largest absolute Gasteiger partial charge is 0.507 e. The van der Waals surface area contributed by atoms with Gasteiger partial charge in [-0.15, -0.1) is 0 Å². The number of rotatable bonds is 10. The summed E-state index contributed by atoms with van der Waals surface area (Å²) in [5, 5.41) is 21.5. The lowest BCUT2D eigenvalue weighted by Crippen LogP contribution is -2.33. The summed E-state index contributed by atoms with van der Waals surface area (Å²) in [5.41, 5.74) is 0.865. The molecule has 1 amide bonds. The van der Waals surface area contributed by atoms with Gasteiger partial charge in [0.2, 0.25) is 0 Å². The van der Waals surface area contributed by atoms with Gasteiger partial charge in [0.25, 0.3) is 11.7 Å². The zero-order valence-electron chi connectivity index (χ0n) is 20.4. The number of benzene rings is 2. The Balaban J connectivity index is 2.13. The van der Waals surface area contributed by atoms with Crippen LogP contribution >= 0.6 is 15.9 Å². The maximum absolute atomic E-state index is 13.2. The van der Waals surface area contributed by atoms with Crippen molar-refractivity contribution in [1.82, 2.24) is 9.80 Å². The van der Waals surface area contributed by atoms with Crippen molar-refractivity contribution in [2.75, 3.05) is 40.4 Å². The van der Waals surface area contributed by atoms with Crippen LogP contribution in [-0.2, 0) is 9.59 Å². The summed E-state index contributed by atoms with van der Waals surface area (Å²) in [6.07, 6.45) is 0.654. The Morgan fingerprint density at radius 2 is 1.83 bits per heavy atom. The molecule has 1 aliphatic rings. The number of carbonyl (C=O) groups excluding carboxylic acids is 2. The first-order valence-corrected chi connectivity index (χ1v) is 12.3. The summed E-state index contributed by atoms with van der Waals surface area (Å²) in [5.74, 6) is -1.13. The second-order valence-corrected chi connectivity index (χ2v) is 9.01. The fourth-order valence-corrected chi connectivity index (χ4v) is 4.75. The van der Waals surface area contributed by atoms with E-state index >= 15 is 0 Å². The lowest BCUT2D eigenvalue weighted by molar-refractivity contribution is -0.140. The topological polar surface area (TPSA) is 99.5 Å². The molecule has 2 N–H and O–H groups in total. The van der Waals surface area contributed by atoms with Gasteiger partial charge >= 0.3 is 0 Å². The fraction of sp³-hybridized carbons (Fsp3) is 0.385. The van der Waals surface area contributed by atoms with Crippen molar-refractivity contribution >= 4 is 33.4 Å². The van der Waals surface area contributed by atoms with Crippen molar-refractivity contribution in [3.63, 3.8) is 0 Å². The SMILES string of the molecule is CCN(CC)CCCN1C(=O)C(=O)C(=C(O)c2cccc(OC)c2)C1c1cc(Br)c(O)c(OC)c1. The highest BCUT2D eigenvalue weighted by Gasteiger charge is 2.46. The molecule has 1 saturated heterocycles. The molecule has 35 heavy (non-hydrogen) atoms. The number of ether oxygens (including phenoxy) is 2. The van der Waals surface area contributed by atoms with Gasteiger partial charge in [0, 0.05) is 12.1 Å². The molecule has 8 nitrogen and oxygen atoms in total. The number of phenolic OH excluding ortho intramolecular Hbond substituents is 1. The quantitative estimate of drug-likeness (QED) is 0.260. The third-order valence-electron chi connectivity index (χ3n) is 6.24. The molecule has 2 aromatic rings. The minimum Gasteiger partial charge on any atom is -0.507 e. The van der Waals surface area contributed by atoms with Gasteiger partial charge in [-0.2, -0.15) is 0 Å². The number of carbonyl (C=O) groups is 2. The summed E-state index contributed by atoms with van der Waals surface area (Å²) >= 11 is 3.33. The highest BCUT2D eigenvalue weighted by Crippen LogP contribution is 2.44. The summed E-state index contributed by atoms with van der Waals surface area (Å²) in [6, 6.07) is 9.02. The second-order valence-electron chi connectivity index (χ2n) is 8.16. The Kier molecular flexibility index (Phi) is 8.80. The highest BCUT2D eigenvalue weighted by atomic mass is 79.9. The molecule has 9 heteroatoms. The number of nitrogens with zero attached hydrogens (tertiary/aromatic N) is 2. The van der Waals surface area contributed by atoms with Gasteiger partial charge in [-0.1, -0.05) is 26.0 Å². The second kappa shape index (κ2) is 11.6. The van der Waals surface area contributed by atoms with E-state index in [2.05, 4.69) is 34.7 Å². The number of amides is 1. The van der Waals surface area contributed by atoms with Gasteiger partial charge < -0.3 is 29.5 Å². The van der Waals surface area contributed by atoms with Crippen LogP contribution in [0.15, 0.2) is 46.4 Å². The van der Waals surface area contributed by atoms with Crippen molar-refractivity contribution < 1.29 is 29.3 Å². The number of methoxy groups -OCH3 is 2. The van der Waals surface area contributed by atoms with Gasteiger partial charge in [0.15, 0.2) is 11.5 Å². The van der Waals surface area contributed by atoms with Crippen LogP contribution in [-0.4, -0.2) is 72.1 Å². The maximum Gasteiger partial charge on any atom is 0.295 e. The Labute approximate surface area is 213 Å². The number of aliphatic hydroxyl groups is 1. The smallest absolute Gasteiger partial charge is 0.295 e. The molecular formula is C26H31BrN2O6. The first-order chi connectivity index (χ1) is 16.8. The molecule has 0 bridgehead atoms. The maximum atomic E-state index is 13.2. The molecule has 0 spiro atoms. The van der Waals surface area contributed by atoms with Crippen molar-refractivity contribution in [3.05, 3.63) is 57.6 Å². The summed E-state index contributed by atoms with van der Waals surface area (Å²) in [7, 11) is 2.93. The fourth-order valence-electron chi connectivity index (χ4n) is 4.29. The van der Waals surface area contributed by atoms with E-state index < -0.39 is 17.7 Å². The minimum absolute atomic E-state index is 0.0225. The van der Waals surface area contributed by atoms with Crippen LogP contribution in [0.25, 0.3) is 5.76 Å². The zero-order valence-corrected chi connectivity index (χ0v) is 22.0. The molecule has 0 saturated carbocycles. The zero-order chi connectivity index (χ0) is 25.7. The normalized spacial score (nSPS) is 17.3. The molecule has 3 rings (SSSR count). The first kappa shape index (κ1) is 26.6. The molecule has 1 heterocycles. The number of aromatic hydroxyl groups is 1. The van der Waals surface area contributed by atoms with E-state index in [0.717, 1.165) is 19.6 Å². The van der Waals surface area contributed by atoms with Crippen LogP contribution in [0.4, 0.5) is 0 Å². The molecule has 0 aromatic heterocycles. The Bertz CT molecular complexity index is 1130. The molecule has 1 fully saturated rings. The molecule has 0 radical (unpaired) electrons. The van der Waals surface area contributed by atoms with E-state index in [1.54, 1.807) is 36.4 Å². The van der Waals surface area contributed by atoms with E-state index in [0.29, 0.717) is 34.3 Å². The van der Waals surface area contributed by atoms with E-state index in [4.69, 9.17) is 9.47 Å². The highest BCUT2D eigenvalue weighted by molar-refractivity contribution is 9.10. The molecule has 1 unspecified atom stereocenters. The Morgan fingerprint density at radius 3 is 2.46 bits per heavy atom. The molecule has 1 atom stereocenters. The Hall–Kier alpha value is -3.04. The lowest BCUT2D eigenvalue weighted by atomic mass is 9.95. The van der Waals surface area contributed by atoms with Gasteiger partial charge in [-0.3, -0.25) is 9.59 Å². The van der Waals surface area contributed by atoms with E-state index in [-0.39, 0.29) is 22.8 Å². The van der Waals surface area contributed by atoms with E-state index in [9.17, 15) is 19.8 Å².